The molecule has 0 aromatic heterocycles. The largest absolute Gasteiger partial charge is 0.324 e. The van der Waals surface area contributed by atoms with Gasteiger partial charge in [0.15, 0.2) is 0 Å². The van der Waals surface area contributed by atoms with E-state index in [1.165, 1.54) is 11.1 Å². The smallest absolute Gasteiger partial charge is 0.0247 e. The predicted molar refractivity (Wildman–Crippen MR) is 64.9 cm³/mol. The molecule has 0 amide bonds. The second-order valence-corrected chi connectivity index (χ2v) is 5.67. The zero-order chi connectivity index (χ0) is 11.3. The van der Waals surface area contributed by atoms with Gasteiger partial charge in [-0.1, -0.05) is 45.0 Å². The summed E-state index contributed by atoms with van der Waals surface area (Å²) >= 11 is 0. The molecule has 0 saturated heterocycles. The molecule has 1 heteroatoms. The summed E-state index contributed by atoms with van der Waals surface area (Å²) < 4.78 is 0. The predicted octanol–water partition coefficient (Wildman–Crippen LogP) is 2.87. The highest BCUT2D eigenvalue weighted by Gasteiger charge is 2.47. The lowest BCUT2D eigenvalue weighted by molar-refractivity contribution is 0.173. The summed E-state index contributed by atoms with van der Waals surface area (Å²) in [6.45, 7) is 8.98. The van der Waals surface area contributed by atoms with Gasteiger partial charge in [-0.25, -0.2) is 0 Å². The highest BCUT2D eigenvalue weighted by atomic mass is 14.8. The molecule has 1 aromatic rings. The van der Waals surface area contributed by atoms with Crippen LogP contribution in [0.2, 0.25) is 0 Å². The van der Waals surface area contributed by atoms with E-state index in [9.17, 15) is 0 Å². The first-order valence-corrected chi connectivity index (χ1v) is 5.74. The van der Waals surface area contributed by atoms with Crippen molar-refractivity contribution in [3.63, 3.8) is 0 Å². The van der Waals surface area contributed by atoms with Crippen molar-refractivity contribution in [3.8, 4) is 0 Å². The Labute approximate surface area is 92.7 Å². The zero-order valence-corrected chi connectivity index (χ0v) is 10.2. The third-order valence-electron chi connectivity index (χ3n) is 4.59. The van der Waals surface area contributed by atoms with Crippen molar-refractivity contribution in [2.75, 3.05) is 0 Å². The van der Waals surface area contributed by atoms with E-state index in [0.29, 0.717) is 5.92 Å². The Hall–Kier alpha value is -0.820. The second-order valence-electron chi connectivity index (χ2n) is 5.67. The molecule has 0 bridgehead atoms. The van der Waals surface area contributed by atoms with E-state index >= 15 is 0 Å². The van der Waals surface area contributed by atoms with Gasteiger partial charge in [0, 0.05) is 11.0 Å². The van der Waals surface area contributed by atoms with E-state index in [4.69, 9.17) is 5.73 Å². The van der Waals surface area contributed by atoms with Gasteiger partial charge >= 0.3 is 0 Å². The molecule has 2 unspecified atom stereocenters. The fourth-order valence-electron chi connectivity index (χ4n) is 2.76. The normalized spacial score (nSPS) is 33.5. The summed E-state index contributed by atoms with van der Waals surface area (Å²) in [4.78, 5) is 0. The monoisotopic (exact) mass is 203 g/mol. The van der Waals surface area contributed by atoms with E-state index < -0.39 is 0 Å². The average molecular weight is 203 g/mol. The molecule has 2 rings (SSSR count). The minimum Gasteiger partial charge on any atom is -0.324 e. The number of fused-ring (bicyclic) bond motifs is 1. The van der Waals surface area contributed by atoms with Crippen LogP contribution in [0.15, 0.2) is 24.3 Å². The number of hydrogen-bond acceptors (Lipinski definition) is 1. The SMILES string of the molecule is CC1Cc2ccccc2C(C)(C)C1(C)N. The summed E-state index contributed by atoms with van der Waals surface area (Å²) in [5, 5.41) is 0. The van der Waals surface area contributed by atoms with Crippen molar-refractivity contribution in [2.24, 2.45) is 11.7 Å². The van der Waals surface area contributed by atoms with Gasteiger partial charge in [-0.2, -0.15) is 0 Å². The first-order valence-electron chi connectivity index (χ1n) is 5.74. The van der Waals surface area contributed by atoms with Crippen LogP contribution >= 0.6 is 0 Å². The minimum absolute atomic E-state index is 0.0568. The first-order chi connectivity index (χ1) is 6.87. The van der Waals surface area contributed by atoms with Crippen LogP contribution in [0.4, 0.5) is 0 Å². The van der Waals surface area contributed by atoms with Crippen LogP contribution in [0, 0.1) is 5.92 Å². The number of nitrogens with two attached hydrogens (primary N) is 1. The second kappa shape index (κ2) is 3.08. The van der Waals surface area contributed by atoms with Crippen LogP contribution in [0.5, 0.6) is 0 Å². The van der Waals surface area contributed by atoms with E-state index in [0.717, 1.165) is 6.42 Å². The van der Waals surface area contributed by atoms with E-state index in [1.807, 2.05) is 0 Å². The van der Waals surface area contributed by atoms with Crippen LogP contribution < -0.4 is 5.73 Å². The maximum absolute atomic E-state index is 6.51. The average Bonchev–Trinajstić information content (AvgIpc) is 2.16. The van der Waals surface area contributed by atoms with Crippen molar-refractivity contribution in [1.29, 1.82) is 0 Å². The quantitative estimate of drug-likeness (QED) is 0.689. The summed E-state index contributed by atoms with van der Waals surface area (Å²) in [7, 11) is 0. The summed E-state index contributed by atoms with van der Waals surface area (Å²) in [6, 6.07) is 8.71. The Bertz CT molecular complexity index is 377. The molecule has 1 nitrogen and oxygen atoms in total. The van der Waals surface area contributed by atoms with E-state index in [2.05, 4.69) is 52.0 Å². The fraction of sp³-hybridized carbons (Fsp3) is 0.571. The molecule has 0 spiro atoms. The van der Waals surface area contributed by atoms with Gasteiger partial charge in [0.05, 0.1) is 0 Å². The van der Waals surface area contributed by atoms with E-state index in [1.54, 1.807) is 0 Å². The standard InChI is InChI=1S/C14H21N/c1-10-9-11-7-5-6-8-12(11)13(2,3)14(10,4)15/h5-8,10H,9,15H2,1-4H3. The van der Waals surface area contributed by atoms with Crippen LogP contribution in [-0.4, -0.2) is 5.54 Å². The molecule has 0 radical (unpaired) electrons. The Kier molecular flexibility index (Phi) is 2.20. The Morgan fingerprint density at radius 1 is 1.20 bits per heavy atom. The van der Waals surface area contributed by atoms with Crippen molar-refractivity contribution < 1.29 is 0 Å². The molecule has 15 heavy (non-hydrogen) atoms. The van der Waals surface area contributed by atoms with Gasteiger partial charge in [0.25, 0.3) is 0 Å². The number of benzene rings is 1. The minimum atomic E-state index is -0.124. The summed E-state index contributed by atoms with van der Waals surface area (Å²) in [6.07, 6.45) is 1.10. The summed E-state index contributed by atoms with van der Waals surface area (Å²) in [5.74, 6) is 0.530. The third kappa shape index (κ3) is 1.33. The van der Waals surface area contributed by atoms with Crippen LogP contribution in [-0.2, 0) is 11.8 Å². The molecule has 2 atom stereocenters. The molecule has 1 aromatic carbocycles. The molecule has 1 aliphatic carbocycles. The Morgan fingerprint density at radius 2 is 1.80 bits per heavy atom. The van der Waals surface area contributed by atoms with E-state index in [-0.39, 0.29) is 11.0 Å². The summed E-state index contributed by atoms with van der Waals surface area (Å²) in [5.41, 5.74) is 9.34. The first kappa shape index (κ1) is 10.7. The molecule has 0 fully saturated rings. The molecule has 0 saturated carbocycles. The van der Waals surface area contributed by atoms with Gasteiger partial charge in [-0.3, -0.25) is 0 Å². The topological polar surface area (TPSA) is 26.0 Å². The molecule has 0 aliphatic heterocycles. The van der Waals surface area contributed by atoms with Crippen LogP contribution in [0.1, 0.15) is 38.8 Å². The Morgan fingerprint density at radius 3 is 2.47 bits per heavy atom. The van der Waals surface area contributed by atoms with Gasteiger partial charge < -0.3 is 5.73 Å². The highest BCUT2D eigenvalue weighted by molar-refractivity contribution is 5.40. The molecular weight excluding hydrogens is 182 g/mol. The van der Waals surface area contributed by atoms with Gasteiger partial charge in [-0.05, 0) is 30.4 Å². The van der Waals surface area contributed by atoms with Gasteiger partial charge in [-0.15, -0.1) is 0 Å². The van der Waals surface area contributed by atoms with Crippen molar-refractivity contribution in [2.45, 2.75) is 45.1 Å². The maximum Gasteiger partial charge on any atom is 0.0247 e. The number of hydrogen-bond donors (Lipinski definition) is 1. The molecular formula is C14H21N. The molecule has 1 aliphatic rings. The Balaban J connectivity index is 2.61. The van der Waals surface area contributed by atoms with Crippen LogP contribution in [0.25, 0.3) is 0 Å². The van der Waals surface area contributed by atoms with Crippen LogP contribution in [0.3, 0.4) is 0 Å². The zero-order valence-electron chi connectivity index (χ0n) is 10.2. The third-order valence-corrected chi connectivity index (χ3v) is 4.59. The lowest BCUT2D eigenvalue weighted by Crippen LogP contribution is -2.60. The molecule has 2 N–H and O–H groups in total. The lowest BCUT2D eigenvalue weighted by Gasteiger charge is -2.50. The molecule has 0 heterocycles. The number of rotatable bonds is 0. The fourth-order valence-corrected chi connectivity index (χ4v) is 2.76. The van der Waals surface area contributed by atoms with Crippen molar-refractivity contribution >= 4 is 0 Å². The van der Waals surface area contributed by atoms with Gasteiger partial charge in [0.1, 0.15) is 0 Å². The van der Waals surface area contributed by atoms with Crippen molar-refractivity contribution in [1.82, 2.24) is 0 Å². The van der Waals surface area contributed by atoms with Gasteiger partial charge in [0.2, 0.25) is 0 Å². The van der Waals surface area contributed by atoms with Crippen molar-refractivity contribution in [3.05, 3.63) is 35.4 Å². The highest BCUT2D eigenvalue weighted by Crippen LogP contribution is 2.44. The maximum atomic E-state index is 6.51. The molecule has 82 valence electrons. The lowest BCUT2D eigenvalue weighted by atomic mass is 9.58.